The van der Waals surface area contributed by atoms with E-state index in [1.54, 1.807) is 12.4 Å². The molecule has 0 aliphatic carbocycles. The average molecular weight is 582 g/mol. The first-order valence-electron chi connectivity index (χ1n) is 14.0. The number of piperidine rings is 1. The topological polar surface area (TPSA) is 101 Å². The third-order valence-electron chi connectivity index (χ3n) is 7.67. The van der Waals surface area contributed by atoms with Crippen LogP contribution in [0, 0.1) is 0 Å². The normalized spacial score (nSPS) is 14.9. The summed E-state index contributed by atoms with van der Waals surface area (Å²) in [6.07, 6.45) is 0.555. The average Bonchev–Trinajstić information content (AvgIpc) is 3.70. The second-order valence-corrected chi connectivity index (χ2v) is 10.6. The van der Waals surface area contributed by atoms with E-state index in [2.05, 4.69) is 35.1 Å². The maximum Gasteiger partial charge on any atom is 0.453 e. The van der Waals surface area contributed by atoms with Crippen LogP contribution in [0.25, 0.3) is 39.7 Å². The molecule has 1 aliphatic rings. The summed E-state index contributed by atoms with van der Waals surface area (Å²) in [5.74, 6) is 0.490. The van der Waals surface area contributed by atoms with Gasteiger partial charge in [-0.25, -0.2) is 14.5 Å². The Morgan fingerprint density at radius 1 is 0.837 bits per heavy atom. The van der Waals surface area contributed by atoms with E-state index < -0.39 is 12.0 Å². The molecule has 0 spiro atoms. The number of H-pyrrole nitrogens is 1. The minimum Gasteiger partial charge on any atom is -0.299 e. The Bertz CT molecular complexity index is 1840. The van der Waals surface area contributed by atoms with Crippen molar-refractivity contribution in [3.63, 3.8) is 0 Å². The van der Waals surface area contributed by atoms with Crippen LogP contribution in [0.4, 0.5) is 13.2 Å². The molecule has 0 radical (unpaired) electrons. The second-order valence-electron chi connectivity index (χ2n) is 10.6. The minimum atomic E-state index is -4.66. The quantitative estimate of drug-likeness (QED) is 0.256. The van der Waals surface area contributed by atoms with Gasteiger partial charge in [-0.1, -0.05) is 60.7 Å². The van der Waals surface area contributed by atoms with Gasteiger partial charge >= 0.3 is 6.18 Å². The number of nitrogens with one attached hydrogen (secondary N) is 1. The fourth-order valence-electron chi connectivity index (χ4n) is 5.44. The summed E-state index contributed by atoms with van der Waals surface area (Å²) >= 11 is 0. The molecule has 6 aromatic rings. The number of fused-ring (bicyclic) bond motifs is 1. The van der Waals surface area contributed by atoms with Gasteiger partial charge in [-0.15, -0.1) is 5.10 Å². The molecule has 1 saturated heterocycles. The van der Waals surface area contributed by atoms with Crippen molar-refractivity contribution in [1.29, 1.82) is 0 Å². The van der Waals surface area contributed by atoms with E-state index >= 15 is 0 Å². The first-order chi connectivity index (χ1) is 20.9. The largest absolute Gasteiger partial charge is 0.453 e. The molecular formula is C31H26F3N9. The molecule has 4 aromatic heterocycles. The highest BCUT2D eigenvalue weighted by atomic mass is 19.4. The number of nitrogens with zero attached hydrogens (tertiary/aromatic N) is 8. The highest BCUT2D eigenvalue weighted by Gasteiger charge is 2.36. The van der Waals surface area contributed by atoms with Gasteiger partial charge in [0.15, 0.2) is 11.6 Å². The molecule has 0 atom stereocenters. The number of aromatic nitrogens is 8. The van der Waals surface area contributed by atoms with E-state index in [-0.39, 0.29) is 5.78 Å². The van der Waals surface area contributed by atoms with Crippen molar-refractivity contribution in [2.24, 2.45) is 0 Å². The number of hydrogen-bond donors (Lipinski definition) is 1. The van der Waals surface area contributed by atoms with Crippen molar-refractivity contribution in [2.75, 3.05) is 13.1 Å². The van der Waals surface area contributed by atoms with Gasteiger partial charge < -0.3 is 0 Å². The molecule has 5 heterocycles. The van der Waals surface area contributed by atoms with Crippen molar-refractivity contribution in [2.45, 2.75) is 31.5 Å². The van der Waals surface area contributed by atoms with Crippen LogP contribution in [0.15, 0.2) is 85.2 Å². The summed E-state index contributed by atoms with van der Waals surface area (Å²) in [4.78, 5) is 19.6. The van der Waals surface area contributed by atoms with Crippen molar-refractivity contribution in [3.8, 4) is 33.9 Å². The van der Waals surface area contributed by atoms with Crippen LogP contribution in [-0.2, 0) is 12.7 Å². The first-order valence-corrected chi connectivity index (χ1v) is 14.0. The lowest BCUT2D eigenvalue weighted by molar-refractivity contribution is -0.144. The Balaban J connectivity index is 1.07. The molecule has 2 aromatic carbocycles. The smallest absolute Gasteiger partial charge is 0.299 e. The Labute approximate surface area is 244 Å². The first kappa shape index (κ1) is 26.9. The number of hydrogen-bond acceptors (Lipinski definition) is 7. The number of rotatable bonds is 6. The van der Waals surface area contributed by atoms with Crippen molar-refractivity contribution in [3.05, 3.63) is 102 Å². The van der Waals surface area contributed by atoms with Gasteiger partial charge in [-0.2, -0.15) is 23.3 Å². The van der Waals surface area contributed by atoms with Gasteiger partial charge in [0.05, 0.1) is 5.69 Å². The summed E-state index contributed by atoms with van der Waals surface area (Å²) in [6, 6.07) is 23.1. The Hall–Kier alpha value is -4.97. The van der Waals surface area contributed by atoms with E-state index in [0.717, 1.165) is 65.2 Å². The Morgan fingerprint density at radius 2 is 1.60 bits per heavy atom. The van der Waals surface area contributed by atoms with Crippen LogP contribution in [-0.4, -0.2) is 57.7 Å². The zero-order valence-corrected chi connectivity index (χ0v) is 22.9. The van der Waals surface area contributed by atoms with Crippen LogP contribution < -0.4 is 0 Å². The van der Waals surface area contributed by atoms with Crippen LogP contribution in [0.3, 0.4) is 0 Å². The fourth-order valence-corrected chi connectivity index (χ4v) is 5.44. The molecule has 1 N–H and O–H groups in total. The third kappa shape index (κ3) is 5.61. The molecule has 0 bridgehead atoms. The number of likely N-dealkylation sites (tertiary alicyclic amines) is 1. The van der Waals surface area contributed by atoms with E-state index in [1.807, 2.05) is 72.8 Å². The third-order valence-corrected chi connectivity index (χ3v) is 7.67. The van der Waals surface area contributed by atoms with Crippen LogP contribution in [0.1, 0.15) is 36.0 Å². The van der Waals surface area contributed by atoms with E-state index in [1.165, 1.54) is 0 Å². The molecule has 0 amide bonds. The lowest BCUT2D eigenvalue weighted by Crippen LogP contribution is -2.32. The predicted molar refractivity (Wildman–Crippen MR) is 154 cm³/mol. The summed E-state index contributed by atoms with van der Waals surface area (Å²) in [7, 11) is 0. The van der Waals surface area contributed by atoms with E-state index in [4.69, 9.17) is 4.98 Å². The van der Waals surface area contributed by atoms with Crippen molar-refractivity contribution >= 4 is 5.78 Å². The van der Waals surface area contributed by atoms with Gasteiger partial charge in [0, 0.05) is 36.0 Å². The van der Waals surface area contributed by atoms with Gasteiger partial charge in [0.25, 0.3) is 11.6 Å². The molecule has 1 fully saturated rings. The summed E-state index contributed by atoms with van der Waals surface area (Å²) in [6.45, 7) is 2.63. The van der Waals surface area contributed by atoms with Crippen molar-refractivity contribution in [1.82, 2.24) is 44.6 Å². The van der Waals surface area contributed by atoms with Gasteiger partial charge in [0.2, 0.25) is 0 Å². The molecular weight excluding hydrogens is 555 g/mol. The van der Waals surface area contributed by atoms with Crippen LogP contribution in [0.2, 0.25) is 0 Å². The Morgan fingerprint density at radius 3 is 2.33 bits per heavy atom. The van der Waals surface area contributed by atoms with E-state index in [0.29, 0.717) is 23.0 Å². The fraction of sp³-hybridized carbons (Fsp3) is 0.226. The minimum absolute atomic E-state index is 0.104. The molecule has 216 valence electrons. The highest BCUT2D eigenvalue weighted by Crippen LogP contribution is 2.33. The molecule has 7 rings (SSSR count). The second kappa shape index (κ2) is 11.0. The highest BCUT2D eigenvalue weighted by molar-refractivity contribution is 5.81. The summed E-state index contributed by atoms with van der Waals surface area (Å²) in [5.41, 5.74) is 4.74. The number of pyridine rings is 1. The van der Waals surface area contributed by atoms with Crippen LogP contribution in [0.5, 0.6) is 0 Å². The summed E-state index contributed by atoms with van der Waals surface area (Å²) < 4.78 is 41.0. The monoisotopic (exact) mass is 581 g/mol. The van der Waals surface area contributed by atoms with Gasteiger partial charge in [-0.3, -0.25) is 15.0 Å². The molecule has 9 nitrogen and oxygen atoms in total. The maximum absolute atomic E-state index is 13.3. The lowest BCUT2D eigenvalue weighted by atomic mass is 9.95. The Kier molecular flexibility index (Phi) is 6.90. The zero-order valence-electron chi connectivity index (χ0n) is 22.9. The predicted octanol–water partition coefficient (Wildman–Crippen LogP) is 6.04. The number of aromatic amines is 1. The van der Waals surface area contributed by atoms with Gasteiger partial charge in [0.1, 0.15) is 5.69 Å². The van der Waals surface area contributed by atoms with Gasteiger partial charge in [-0.05, 0) is 49.2 Å². The summed E-state index contributed by atoms with van der Waals surface area (Å²) in [5, 5.41) is 11.1. The molecule has 43 heavy (non-hydrogen) atoms. The van der Waals surface area contributed by atoms with E-state index in [9.17, 15) is 13.2 Å². The van der Waals surface area contributed by atoms with Crippen LogP contribution >= 0.6 is 0 Å². The molecule has 0 unspecified atom stereocenters. The lowest BCUT2D eigenvalue weighted by Gasteiger charge is -2.30. The standard InChI is InChI=1S/C31H26F3N9/c32-31(33,34)29-38-30-36-26(24(19-43(30)41-29)21-6-2-1-3-7-21)22-11-9-20(10-12-22)18-42-16-13-23(14-17-42)27-37-28(40-39-27)25-8-4-5-15-35-25/h1-12,15,19,23H,13-14,16-18H2,(H,37,39,40). The van der Waals surface area contributed by atoms with Crippen molar-refractivity contribution < 1.29 is 13.2 Å². The zero-order chi connectivity index (χ0) is 29.4. The number of benzene rings is 2. The number of halogens is 3. The maximum atomic E-state index is 13.3. The molecule has 12 heteroatoms. The molecule has 0 saturated carbocycles. The number of alkyl halides is 3. The molecule has 1 aliphatic heterocycles. The SMILES string of the molecule is FC(F)(F)c1nc2nc(-c3ccc(CN4CCC(c5n[nH]c(-c6ccccn6)n5)CC4)cc3)c(-c3ccccc3)cn2n1.